The molecule has 12 rings (SSSR count). The molecule has 0 amide bonds. The molecule has 0 fully saturated rings. The molecule has 0 saturated carbocycles. The molecule has 1 aromatic heterocycles. The highest BCUT2D eigenvalue weighted by molar-refractivity contribution is 6.12. The molecule has 288 valence electrons. The number of hydrogen-bond acceptors (Lipinski definition) is 2. The first kappa shape index (κ1) is 35.3. The highest BCUT2D eigenvalue weighted by Gasteiger charge is 2.35. The molecule has 0 spiro atoms. The van der Waals surface area contributed by atoms with Gasteiger partial charge >= 0.3 is 0 Å². The second-order valence-electron chi connectivity index (χ2n) is 16.9. The first-order chi connectivity index (χ1) is 30.0. The van der Waals surface area contributed by atoms with E-state index in [1.54, 1.807) is 0 Å². The van der Waals surface area contributed by atoms with Gasteiger partial charge in [-0.25, -0.2) is 0 Å². The normalized spacial score (nSPS) is 12.9. The number of nitrogens with zero attached hydrogens (tertiary/aromatic N) is 1. The number of anilines is 3. The molecular weight excluding hydrogens is 739 g/mol. The largest absolute Gasteiger partial charge is 0.456 e. The fourth-order valence-electron chi connectivity index (χ4n) is 10.0. The molecule has 61 heavy (non-hydrogen) atoms. The van der Waals surface area contributed by atoms with E-state index in [1.807, 2.05) is 12.1 Å². The van der Waals surface area contributed by atoms with E-state index in [0.717, 1.165) is 50.1 Å². The molecular formula is C59H41NO. The second kappa shape index (κ2) is 13.7. The molecule has 0 bridgehead atoms. The van der Waals surface area contributed by atoms with Crippen molar-refractivity contribution >= 4 is 60.5 Å². The Morgan fingerprint density at radius 1 is 0.344 bits per heavy atom. The summed E-state index contributed by atoms with van der Waals surface area (Å²) >= 11 is 0. The van der Waals surface area contributed by atoms with Crippen molar-refractivity contribution in [2.75, 3.05) is 4.90 Å². The van der Waals surface area contributed by atoms with Gasteiger partial charge in [0.15, 0.2) is 0 Å². The molecule has 0 unspecified atom stereocenters. The van der Waals surface area contributed by atoms with E-state index >= 15 is 0 Å². The number of furan rings is 1. The highest BCUT2D eigenvalue weighted by Crippen LogP contribution is 2.50. The van der Waals surface area contributed by atoms with Crippen LogP contribution < -0.4 is 4.90 Å². The van der Waals surface area contributed by atoms with Gasteiger partial charge in [0, 0.05) is 33.1 Å². The Kier molecular flexibility index (Phi) is 7.92. The third-order valence-corrected chi connectivity index (χ3v) is 13.1. The zero-order valence-corrected chi connectivity index (χ0v) is 34.1. The SMILES string of the molecule is CC1(C)c2ccccc2-c2ccc(-c3ccc(N(c4cccc(-c5cccc6c5ccc5ccccc56)c4)c4ccccc4-c4ccc5oc6ccccc6c5c4)cc3)cc21. The van der Waals surface area contributed by atoms with Crippen LogP contribution in [0.25, 0.3) is 88.0 Å². The van der Waals surface area contributed by atoms with Gasteiger partial charge in [-0.3, -0.25) is 0 Å². The molecule has 1 aliphatic carbocycles. The van der Waals surface area contributed by atoms with Gasteiger partial charge in [0.05, 0.1) is 5.69 Å². The van der Waals surface area contributed by atoms with Crippen LogP contribution in [-0.4, -0.2) is 0 Å². The lowest BCUT2D eigenvalue weighted by Gasteiger charge is -2.28. The maximum atomic E-state index is 6.26. The van der Waals surface area contributed by atoms with Crippen LogP contribution >= 0.6 is 0 Å². The van der Waals surface area contributed by atoms with Crippen molar-refractivity contribution in [2.24, 2.45) is 0 Å². The molecule has 1 aliphatic rings. The summed E-state index contributed by atoms with van der Waals surface area (Å²) in [7, 11) is 0. The van der Waals surface area contributed by atoms with Gasteiger partial charge in [-0.2, -0.15) is 0 Å². The van der Waals surface area contributed by atoms with Crippen molar-refractivity contribution in [3.05, 3.63) is 223 Å². The summed E-state index contributed by atoms with van der Waals surface area (Å²) in [5.41, 5.74) is 17.5. The van der Waals surface area contributed by atoms with E-state index < -0.39 is 0 Å². The van der Waals surface area contributed by atoms with Crippen LogP contribution in [0.2, 0.25) is 0 Å². The summed E-state index contributed by atoms with van der Waals surface area (Å²) in [4.78, 5) is 2.42. The predicted octanol–water partition coefficient (Wildman–Crippen LogP) is 16.7. The van der Waals surface area contributed by atoms with Gasteiger partial charge in [0.2, 0.25) is 0 Å². The fourth-order valence-corrected chi connectivity index (χ4v) is 10.0. The maximum absolute atomic E-state index is 6.26. The average Bonchev–Trinajstić information content (AvgIpc) is 3.80. The number of para-hydroxylation sites is 2. The molecule has 0 aliphatic heterocycles. The maximum Gasteiger partial charge on any atom is 0.135 e. The Morgan fingerprint density at radius 2 is 1.00 bits per heavy atom. The van der Waals surface area contributed by atoms with E-state index in [9.17, 15) is 0 Å². The lowest BCUT2D eigenvalue weighted by Crippen LogP contribution is -2.14. The number of hydrogen-bond donors (Lipinski definition) is 0. The first-order valence-corrected chi connectivity index (χ1v) is 21.2. The summed E-state index contributed by atoms with van der Waals surface area (Å²) in [5.74, 6) is 0. The zero-order valence-electron chi connectivity index (χ0n) is 34.1. The van der Waals surface area contributed by atoms with Crippen LogP contribution in [0.1, 0.15) is 25.0 Å². The summed E-state index contributed by atoms with van der Waals surface area (Å²) in [6, 6.07) is 77.6. The minimum absolute atomic E-state index is 0.0592. The van der Waals surface area contributed by atoms with Gasteiger partial charge in [-0.05, 0) is 126 Å². The third-order valence-electron chi connectivity index (χ3n) is 13.1. The molecule has 1 heterocycles. The van der Waals surface area contributed by atoms with E-state index in [-0.39, 0.29) is 5.41 Å². The standard InChI is InChI=1S/C59H41NO/c1-59(2)54-22-8-5-18-50(54)51-33-28-40(37-55(51)59)38-25-30-43(31-26-38)60(56-23-9-6-17-47(56)42-29-34-58-53(36-42)52-19-7-10-24-57(52)61-58)44-15-11-14-41(35-44)46-20-12-21-48-45-16-4-3-13-39(45)27-32-49(46)48/h3-37H,1-2H3. The Hall–Kier alpha value is -7.68. The van der Waals surface area contributed by atoms with Crippen LogP contribution in [-0.2, 0) is 5.41 Å². The van der Waals surface area contributed by atoms with Gasteiger partial charge < -0.3 is 9.32 Å². The smallest absolute Gasteiger partial charge is 0.135 e. The Morgan fingerprint density at radius 3 is 1.90 bits per heavy atom. The second-order valence-corrected chi connectivity index (χ2v) is 16.9. The Labute approximate surface area is 355 Å². The monoisotopic (exact) mass is 779 g/mol. The highest BCUT2D eigenvalue weighted by atomic mass is 16.3. The van der Waals surface area contributed by atoms with Crippen molar-refractivity contribution in [3.63, 3.8) is 0 Å². The van der Waals surface area contributed by atoms with E-state index in [1.165, 1.54) is 66.1 Å². The van der Waals surface area contributed by atoms with Crippen LogP contribution in [0.15, 0.2) is 217 Å². The molecule has 0 N–H and O–H groups in total. The summed E-state index contributed by atoms with van der Waals surface area (Å²) in [6.07, 6.45) is 0. The van der Waals surface area contributed by atoms with E-state index in [2.05, 4.69) is 219 Å². The Balaban J connectivity index is 1.01. The Bertz CT molecular complexity index is 3520. The number of fused-ring (bicyclic) bond motifs is 9. The van der Waals surface area contributed by atoms with Crippen LogP contribution in [0, 0.1) is 0 Å². The fraction of sp³-hybridized carbons (Fsp3) is 0.0508. The topological polar surface area (TPSA) is 16.4 Å². The molecule has 11 aromatic rings. The third kappa shape index (κ3) is 5.64. The van der Waals surface area contributed by atoms with Crippen LogP contribution in [0.4, 0.5) is 17.1 Å². The average molecular weight is 780 g/mol. The first-order valence-electron chi connectivity index (χ1n) is 21.2. The predicted molar refractivity (Wildman–Crippen MR) is 257 cm³/mol. The van der Waals surface area contributed by atoms with E-state index in [4.69, 9.17) is 4.42 Å². The molecule has 2 nitrogen and oxygen atoms in total. The minimum atomic E-state index is -0.0592. The van der Waals surface area contributed by atoms with Crippen molar-refractivity contribution in [2.45, 2.75) is 19.3 Å². The number of rotatable bonds is 6. The van der Waals surface area contributed by atoms with Crippen molar-refractivity contribution in [1.29, 1.82) is 0 Å². The van der Waals surface area contributed by atoms with Gasteiger partial charge in [0.1, 0.15) is 11.2 Å². The minimum Gasteiger partial charge on any atom is -0.456 e. The zero-order chi connectivity index (χ0) is 40.7. The van der Waals surface area contributed by atoms with Crippen molar-refractivity contribution < 1.29 is 4.42 Å². The quantitative estimate of drug-likeness (QED) is 0.156. The molecule has 10 aromatic carbocycles. The van der Waals surface area contributed by atoms with Crippen LogP contribution in [0.3, 0.4) is 0 Å². The van der Waals surface area contributed by atoms with Gasteiger partial charge in [-0.1, -0.05) is 172 Å². The van der Waals surface area contributed by atoms with Gasteiger partial charge in [0.25, 0.3) is 0 Å². The van der Waals surface area contributed by atoms with Gasteiger partial charge in [-0.15, -0.1) is 0 Å². The number of benzene rings is 10. The van der Waals surface area contributed by atoms with Crippen molar-refractivity contribution in [1.82, 2.24) is 0 Å². The molecule has 0 saturated heterocycles. The van der Waals surface area contributed by atoms with Crippen LogP contribution in [0.5, 0.6) is 0 Å². The molecule has 0 atom stereocenters. The van der Waals surface area contributed by atoms with E-state index in [0.29, 0.717) is 0 Å². The summed E-state index contributed by atoms with van der Waals surface area (Å²) in [6.45, 7) is 4.70. The summed E-state index contributed by atoms with van der Waals surface area (Å²) < 4.78 is 6.26. The van der Waals surface area contributed by atoms with Crippen molar-refractivity contribution in [3.8, 4) is 44.5 Å². The molecule has 2 heteroatoms. The molecule has 0 radical (unpaired) electrons. The summed E-state index contributed by atoms with van der Waals surface area (Å²) in [5, 5.41) is 7.27. The lowest BCUT2D eigenvalue weighted by atomic mass is 9.81. The lowest BCUT2D eigenvalue weighted by molar-refractivity contribution is 0.660.